The number of hydrogen-bond donors (Lipinski definition) is 1. The summed E-state index contributed by atoms with van der Waals surface area (Å²) in [6.45, 7) is 3.90. The van der Waals surface area contributed by atoms with Gasteiger partial charge in [0.05, 0.1) is 12.8 Å². The molecule has 0 radical (unpaired) electrons. The van der Waals surface area contributed by atoms with Gasteiger partial charge in [-0.25, -0.2) is 0 Å². The molecule has 0 aliphatic rings. The Hall–Kier alpha value is -1.76. The summed E-state index contributed by atoms with van der Waals surface area (Å²) in [5.41, 5.74) is 2.71. The van der Waals surface area contributed by atoms with Crippen LogP contribution in [-0.4, -0.2) is 67.8 Å². The first-order valence-corrected chi connectivity index (χ1v) is 9.20. The molecule has 136 valence electrons. The van der Waals surface area contributed by atoms with Crippen LogP contribution in [0.15, 0.2) is 29.6 Å². The van der Waals surface area contributed by atoms with E-state index in [4.69, 9.17) is 9.47 Å². The Morgan fingerprint density at radius 1 is 1.26 bits per heavy atom. The minimum absolute atomic E-state index is 0. The average Bonchev–Trinajstić information content (AvgIpc) is 3.07. The van der Waals surface area contributed by atoms with Gasteiger partial charge < -0.3 is 14.0 Å². The number of nitrogens with zero attached hydrogens (tertiary/aromatic N) is 3. The second-order valence-corrected chi connectivity index (χ2v) is 6.72. The predicted molar refractivity (Wildman–Crippen MR) is 106 cm³/mol. The number of pyridine rings is 2. The first-order valence-electron chi connectivity index (χ1n) is 7.88. The van der Waals surface area contributed by atoms with Crippen LogP contribution in [0, 0.1) is 18.8 Å². The van der Waals surface area contributed by atoms with Crippen LogP contribution in [-0.2, 0) is 16.9 Å². The Morgan fingerprint density at radius 3 is 2.81 bits per heavy atom. The molecule has 0 aliphatic heterocycles. The minimum atomic E-state index is -1.39. The first-order chi connectivity index (χ1) is 12.6. The summed E-state index contributed by atoms with van der Waals surface area (Å²) in [7, 11) is 1.60. The molecule has 0 bridgehead atoms. The van der Waals surface area contributed by atoms with Gasteiger partial charge in [0.15, 0.2) is 18.0 Å². The van der Waals surface area contributed by atoms with E-state index in [1.54, 1.807) is 38.4 Å². The third-order valence-corrected chi connectivity index (χ3v) is 4.89. The van der Waals surface area contributed by atoms with Crippen LogP contribution >= 0.6 is 0 Å². The molecule has 0 saturated carbocycles. The fraction of sp³-hybridized carbons (Fsp3) is 0.278. The number of nitrogens with one attached hydrogen (secondary N) is 1. The van der Waals surface area contributed by atoms with Gasteiger partial charge in [0, 0.05) is 29.0 Å². The summed E-state index contributed by atoms with van der Waals surface area (Å²) in [6, 6.07) is 5.25. The van der Waals surface area contributed by atoms with Crippen molar-refractivity contribution in [2.75, 3.05) is 13.7 Å². The molecule has 7 nitrogen and oxygen atoms in total. The van der Waals surface area contributed by atoms with Gasteiger partial charge in [0.25, 0.3) is 0 Å². The molecule has 3 aromatic heterocycles. The van der Waals surface area contributed by atoms with Gasteiger partial charge >= 0.3 is 34.7 Å². The number of H-pyrrole nitrogens is 1. The van der Waals surface area contributed by atoms with Crippen LogP contribution in [0.25, 0.3) is 11.2 Å². The Bertz CT molecular complexity index is 984. The zero-order valence-corrected chi connectivity index (χ0v) is 15.5. The second kappa shape index (κ2) is 9.97. The average molecular weight is 394 g/mol. The van der Waals surface area contributed by atoms with Crippen molar-refractivity contribution in [3.63, 3.8) is 0 Å². The quantitative estimate of drug-likeness (QED) is 0.389. The molecular weight excluding hydrogens is 375 g/mol. The van der Waals surface area contributed by atoms with E-state index in [-0.39, 0.29) is 41.9 Å². The van der Waals surface area contributed by atoms with Crippen molar-refractivity contribution in [3.05, 3.63) is 35.7 Å². The molecule has 3 heterocycles. The SMILES string of the molecule is CC#CCOc1ccc2nc([S+]([O-])Cc3nccc(OC)c3C)[nH]c2n1.[NaH]. The summed E-state index contributed by atoms with van der Waals surface area (Å²) in [4.78, 5) is 16.0. The van der Waals surface area contributed by atoms with E-state index < -0.39 is 11.2 Å². The zero-order chi connectivity index (χ0) is 18.5. The molecule has 1 unspecified atom stereocenters. The molecule has 0 aliphatic carbocycles. The number of ether oxygens (including phenoxy) is 2. The van der Waals surface area contributed by atoms with E-state index in [1.165, 1.54) is 0 Å². The van der Waals surface area contributed by atoms with Gasteiger partial charge in [0.2, 0.25) is 5.88 Å². The van der Waals surface area contributed by atoms with Crippen molar-refractivity contribution < 1.29 is 14.0 Å². The fourth-order valence-corrected chi connectivity index (χ4v) is 3.43. The fourth-order valence-electron chi connectivity index (χ4n) is 2.34. The number of hydrogen-bond acceptors (Lipinski definition) is 6. The van der Waals surface area contributed by atoms with Crippen LogP contribution in [0.4, 0.5) is 0 Å². The van der Waals surface area contributed by atoms with E-state index in [9.17, 15) is 4.55 Å². The summed E-state index contributed by atoms with van der Waals surface area (Å²) in [6.07, 6.45) is 1.64. The molecule has 0 amide bonds. The molecule has 3 aromatic rings. The molecule has 1 N–H and O–H groups in total. The summed E-state index contributed by atoms with van der Waals surface area (Å²) < 4.78 is 23.4. The van der Waals surface area contributed by atoms with Crippen LogP contribution in [0.3, 0.4) is 0 Å². The van der Waals surface area contributed by atoms with Crippen molar-refractivity contribution in [3.8, 4) is 23.5 Å². The number of rotatable bonds is 6. The van der Waals surface area contributed by atoms with E-state index in [1.807, 2.05) is 6.92 Å². The van der Waals surface area contributed by atoms with E-state index in [2.05, 4.69) is 31.8 Å². The molecule has 1 atom stereocenters. The molecule has 0 fully saturated rings. The van der Waals surface area contributed by atoms with Crippen LogP contribution in [0.1, 0.15) is 18.2 Å². The Kier molecular flexibility index (Phi) is 7.95. The maximum atomic E-state index is 12.7. The van der Waals surface area contributed by atoms with Crippen LogP contribution in [0.5, 0.6) is 11.6 Å². The van der Waals surface area contributed by atoms with Crippen LogP contribution < -0.4 is 9.47 Å². The number of aromatic nitrogens is 4. The first kappa shape index (κ1) is 21.5. The van der Waals surface area contributed by atoms with Crippen molar-refractivity contribution >= 4 is 51.9 Å². The topological polar surface area (TPSA) is 96.0 Å². The molecule has 9 heteroatoms. The van der Waals surface area contributed by atoms with E-state index >= 15 is 0 Å². The molecule has 0 spiro atoms. The van der Waals surface area contributed by atoms with Crippen molar-refractivity contribution in [2.24, 2.45) is 0 Å². The van der Waals surface area contributed by atoms with Crippen molar-refractivity contribution in [1.82, 2.24) is 19.9 Å². The normalized spacial score (nSPS) is 11.3. The van der Waals surface area contributed by atoms with Crippen LogP contribution in [0.2, 0.25) is 0 Å². The number of aromatic amines is 1. The number of imidazole rings is 1. The monoisotopic (exact) mass is 394 g/mol. The van der Waals surface area contributed by atoms with Crippen molar-refractivity contribution in [2.45, 2.75) is 24.8 Å². The number of fused-ring (bicyclic) bond motifs is 1. The van der Waals surface area contributed by atoms with E-state index in [0.29, 0.717) is 27.9 Å². The molecule has 0 aromatic carbocycles. The van der Waals surface area contributed by atoms with Gasteiger partial charge in [0.1, 0.15) is 11.3 Å². The Labute approximate surface area is 182 Å². The zero-order valence-electron chi connectivity index (χ0n) is 14.7. The van der Waals surface area contributed by atoms with Gasteiger partial charge in [-0.05, 0) is 26.0 Å². The third kappa shape index (κ3) is 5.15. The summed E-state index contributed by atoms with van der Waals surface area (Å²) >= 11 is -1.39. The van der Waals surface area contributed by atoms with Gasteiger partial charge in [-0.15, -0.1) is 5.92 Å². The van der Waals surface area contributed by atoms with E-state index in [0.717, 1.165) is 11.3 Å². The van der Waals surface area contributed by atoms with Gasteiger partial charge in [-0.3, -0.25) is 9.97 Å². The summed E-state index contributed by atoms with van der Waals surface area (Å²) in [5.74, 6) is 6.95. The van der Waals surface area contributed by atoms with Gasteiger partial charge in [-0.2, -0.15) is 9.97 Å². The van der Waals surface area contributed by atoms with Gasteiger partial charge in [-0.1, -0.05) is 5.92 Å². The standard InChI is InChI=1S/C18H18N4O3S.Na.H/c1-4-5-10-25-16-7-6-13-17(21-16)22-18(20-13)26(23)11-14-12(2)15(24-3)8-9-19-14;;/h6-9H,10-11H2,1-3H3,(H,20,21,22);;. The van der Waals surface area contributed by atoms with Crippen molar-refractivity contribution in [1.29, 1.82) is 0 Å². The Morgan fingerprint density at radius 2 is 2.07 bits per heavy atom. The molecular formula is C18H19N4NaO3S. The molecule has 0 saturated heterocycles. The summed E-state index contributed by atoms with van der Waals surface area (Å²) in [5, 5.41) is 0.349. The third-order valence-electron chi connectivity index (χ3n) is 3.73. The number of methoxy groups -OCH3 is 1. The predicted octanol–water partition coefficient (Wildman–Crippen LogP) is 1.73. The maximum absolute atomic E-state index is 12.7. The second-order valence-electron chi connectivity index (χ2n) is 5.35. The Balaban J connectivity index is 0.00000261. The molecule has 27 heavy (non-hydrogen) atoms. The molecule has 3 rings (SSSR count).